The van der Waals surface area contributed by atoms with Crippen LogP contribution in [0.1, 0.15) is 26.1 Å². The summed E-state index contributed by atoms with van der Waals surface area (Å²) in [6, 6.07) is 7.84. The SMILES string of the molecule is CC(C)(CCSc1cccc(Cl)c1)c1nccn1C=O. The highest BCUT2D eigenvalue weighted by Gasteiger charge is 2.25. The Kier molecular flexibility index (Phi) is 4.89. The topological polar surface area (TPSA) is 34.9 Å². The van der Waals surface area contributed by atoms with Crippen molar-refractivity contribution < 1.29 is 4.79 Å². The lowest BCUT2D eigenvalue weighted by Crippen LogP contribution is -2.23. The molecular weight excluding hydrogens is 292 g/mol. The number of aromatic nitrogens is 2. The molecule has 0 atom stereocenters. The maximum atomic E-state index is 11.0. The molecule has 0 aliphatic carbocycles. The van der Waals surface area contributed by atoms with Gasteiger partial charge < -0.3 is 0 Å². The molecule has 0 bridgehead atoms. The van der Waals surface area contributed by atoms with Gasteiger partial charge in [0, 0.05) is 27.7 Å². The van der Waals surface area contributed by atoms with Crippen LogP contribution in [-0.4, -0.2) is 21.7 Å². The number of thioether (sulfide) groups is 1. The molecule has 1 heterocycles. The van der Waals surface area contributed by atoms with E-state index in [9.17, 15) is 4.79 Å². The molecule has 3 nitrogen and oxygen atoms in total. The van der Waals surface area contributed by atoms with Crippen molar-refractivity contribution in [1.82, 2.24) is 9.55 Å². The number of benzene rings is 1. The number of hydrogen-bond acceptors (Lipinski definition) is 3. The van der Waals surface area contributed by atoms with Gasteiger partial charge in [0.05, 0.1) is 0 Å². The third kappa shape index (κ3) is 3.64. The maximum absolute atomic E-state index is 11.0. The number of nitrogens with zero attached hydrogens (tertiary/aromatic N) is 2. The van der Waals surface area contributed by atoms with Gasteiger partial charge in [0.1, 0.15) is 5.82 Å². The largest absolute Gasteiger partial charge is 0.278 e. The van der Waals surface area contributed by atoms with E-state index in [0.717, 1.165) is 34.3 Å². The fraction of sp³-hybridized carbons (Fsp3) is 0.333. The zero-order valence-electron chi connectivity index (χ0n) is 11.5. The summed E-state index contributed by atoms with van der Waals surface area (Å²) in [5, 5.41) is 0.755. The van der Waals surface area contributed by atoms with Gasteiger partial charge >= 0.3 is 0 Å². The van der Waals surface area contributed by atoms with Gasteiger partial charge in [0.25, 0.3) is 0 Å². The molecule has 0 amide bonds. The van der Waals surface area contributed by atoms with Crippen LogP contribution in [0.25, 0.3) is 0 Å². The lowest BCUT2D eigenvalue weighted by Gasteiger charge is -2.23. The minimum Gasteiger partial charge on any atom is -0.278 e. The molecule has 5 heteroatoms. The minimum atomic E-state index is -0.143. The Hall–Kier alpha value is -1.26. The average Bonchev–Trinajstić information content (AvgIpc) is 2.87. The highest BCUT2D eigenvalue weighted by molar-refractivity contribution is 7.99. The fourth-order valence-electron chi connectivity index (χ4n) is 2.01. The Morgan fingerprint density at radius 3 is 2.95 bits per heavy atom. The Balaban J connectivity index is 1.97. The van der Waals surface area contributed by atoms with Gasteiger partial charge in [-0.25, -0.2) is 4.98 Å². The third-order valence-corrected chi connectivity index (χ3v) is 4.41. The van der Waals surface area contributed by atoms with E-state index in [2.05, 4.69) is 24.9 Å². The quantitative estimate of drug-likeness (QED) is 0.597. The first-order valence-corrected chi connectivity index (χ1v) is 7.76. The van der Waals surface area contributed by atoms with Gasteiger partial charge in [0.15, 0.2) is 0 Å². The summed E-state index contributed by atoms with van der Waals surface area (Å²) in [5.41, 5.74) is -0.143. The van der Waals surface area contributed by atoms with Gasteiger partial charge in [-0.2, -0.15) is 0 Å². The molecule has 0 aliphatic rings. The number of imidazole rings is 1. The zero-order chi connectivity index (χ0) is 14.6. The van der Waals surface area contributed by atoms with Crippen molar-refractivity contribution in [2.75, 3.05) is 5.75 Å². The molecule has 0 aliphatic heterocycles. The molecule has 2 rings (SSSR count). The Labute approximate surface area is 128 Å². The second kappa shape index (κ2) is 6.46. The molecule has 1 aromatic heterocycles. The summed E-state index contributed by atoms with van der Waals surface area (Å²) in [5.74, 6) is 1.75. The maximum Gasteiger partial charge on any atom is 0.219 e. The summed E-state index contributed by atoms with van der Waals surface area (Å²) < 4.78 is 1.55. The fourth-order valence-corrected chi connectivity index (χ4v) is 3.50. The molecule has 20 heavy (non-hydrogen) atoms. The predicted octanol–water partition coefficient (Wildman–Crippen LogP) is 4.03. The second-order valence-corrected chi connectivity index (χ2v) is 6.81. The van der Waals surface area contributed by atoms with Crippen LogP contribution >= 0.6 is 23.4 Å². The third-order valence-electron chi connectivity index (χ3n) is 3.18. The van der Waals surface area contributed by atoms with Crippen LogP contribution in [0.2, 0.25) is 5.02 Å². The van der Waals surface area contributed by atoms with Gasteiger partial charge in [-0.3, -0.25) is 9.36 Å². The van der Waals surface area contributed by atoms with Crippen molar-refractivity contribution in [3.05, 3.63) is 47.5 Å². The number of carbonyl (C=O) groups excluding carboxylic acids is 1. The van der Waals surface area contributed by atoms with E-state index in [1.807, 2.05) is 18.2 Å². The van der Waals surface area contributed by atoms with Gasteiger partial charge in [-0.1, -0.05) is 31.5 Å². The number of halogens is 1. The lowest BCUT2D eigenvalue weighted by atomic mass is 9.89. The van der Waals surface area contributed by atoms with Crippen molar-refractivity contribution in [3.8, 4) is 0 Å². The molecule has 0 saturated carbocycles. The molecule has 0 N–H and O–H groups in total. The molecule has 0 spiro atoms. The van der Waals surface area contributed by atoms with E-state index in [1.54, 1.807) is 28.7 Å². The van der Waals surface area contributed by atoms with E-state index in [4.69, 9.17) is 11.6 Å². The molecule has 106 valence electrons. The van der Waals surface area contributed by atoms with E-state index >= 15 is 0 Å². The zero-order valence-corrected chi connectivity index (χ0v) is 13.1. The van der Waals surface area contributed by atoms with E-state index in [0.29, 0.717) is 0 Å². The number of rotatable bonds is 6. The number of hydrogen-bond donors (Lipinski definition) is 0. The molecule has 2 aromatic rings. The van der Waals surface area contributed by atoms with Crippen LogP contribution in [0.3, 0.4) is 0 Å². The molecule has 0 fully saturated rings. The van der Waals surface area contributed by atoms with Crippen LogP contribution in [-0.2, 0) is 10.2 Å². The average molecular weight is 309 g/mol. The minimum absolute atomic E-state index is 0.143. The van der Waals surface area contributed by atoms with Crippen LogP contribution in [0, 0.1) is 0 Å². The van der Waals surface area contributed by atoms with Gasteiger partial charge in [-0.15, -0.1) is 11.8 Å². The summed E-state index contributed by atoms with van der Waals surface area (Å²) in [6.07, 6.45) is 5.08. The first-order chi connectivity index (χ1) is 9.53. The second-order valence-electron chi connectivity index (χ2n) is 5.20. The molecule has 0 saturated heterocycles. The molecule has 1 aromatic carbocycles. The molecular formula is C15H17ClN2OS. The molecule has 0 unspecified atom stereocenters. The summed E-state index contributed by atoms with van der Waals surface area (Å²) in [4.78, 5) is 16.4. The summed E-state index contributed by atoms with van der Waals surface area (Å²) in [7, 11) is 0. The molecule has 0 radical (unpaired) electrons. The van der Waals surface area contributed by atoms with Gasteiger partial charge in [0.2, 0.25) is 6.41 Å². The van der Waals surface area contributed by atoms with Crippen LogP contribution < -0.4 is 0 Å². The van der Waals surface area contributed by atoms with Crippen molar-refractivity contribution >= 4 is 29.8 Å². The van der Waals surface area contributed by atoms with Crippen molar-refractivity contribution in [1.29, 1.82) is 0 Å². The summed E-state index contributed by atoms with van der Waals surface area (Å²) >= 11 is 7.73. The van der Waals surface area contributed by atoms with Crippen LogP contribution in [0.5, 0.6) is 0 Å². The Bertz CT molecular complexity index is 595. The normalized spacial score (nSPS) is 11.6. The predicted molar refractivity (Wildman–Crippen MR) is 84.2 cm³/mol. The van der Waals surface area contributed by atoms with Crippen molar-refractivity contribution in [2.24, 2.45) is 0 Å². The highest BCUT2D eigenvalue weighted by atomic mass is 35.5. The monoisotopic (exact) mass is 308 g/mol. The number of carbonyl (C=O) groups is 1. The highest BCUT2D eigenvalue weighted by Crippen LogP contribution is 2.30. The first kappa shape index (κ1) is 15.1. The van der Waals surface area contributed by atoms with Crippen LogP contribution in [0.4, 0.5) is 0 Å². The lowest BCUT2D eigenvalue weighted by molar-refractivity contribution is 0.465. The van der Waals surface area contributed by atoms with E-state index < -0.39 is 0 Å². The Morgan fingerprint density at radius 1 is 1.45 bits per heavy atom. The van der Waals surface area contributed by atoms with E-state index in [-0.39, 0.29) is 5.41 Å². The van der Waals surface area contributed by atoms with Crippen molar-refractivity contribution in [2.45, 2.75) is 30.6 Å². The van der Waals surface area contributed by atoms with Crippen molar-refractivity contribution in [3.63, 3.8) is 0 Å². The van der Waals surface area contributed by atoms with Gasteiger partial charge in [-0.05, 0) is 30.4 Å². The first-order valence-electron chi connectivity index (χ1n) is 6.40. The standard InChI is InChI=1S/C15H17ClN2OS/c1-15(2,14-17-7-8-18(14)11-19)6-9-20-13-5-3-4-12(16)10-13/h3-5,7-8,10-11H,6,9H2,1-2H3. The summed E-state index contributed by atoms with van der Waals surface area (Å²) in [6.45, 7) is 4.21. The van der Waals surface area contributed by atoms with Crippen LogP contribution in [0.15, 0.2) is 41.6 Å². The smallest absolute Gasteiger partial charge is 0.219 e. The van der Waals surface area contributed by atoms with E-state index in [1.165, 1.54) is 0 Å². The Morgan fingerprint density at radius 2 is 2.25 bits per heavy atom.